The fourth-order valence-electron chi connectivity index (χ4n) is 2.52. The normalized spacial score (nSPS) is 23.4. The monoisotopic (exact) mass is 292 g/mol. The number of nitrogens with one attached hydrogen (secondary N) is 1. The smallest absolute Gasteiger partial charge is 0.151 e. The Hall–Kier alpha value is -1.20. The quantitative estimate of drug-likeness (QED) is 0.922. The Bertz CT molecular complexity index is 441. The van der Waals surface area contributed by atoms with Gasteiger partial charge in [-0.15, -0.1) is 5.10 Å². The van der Waals surface area contributed by atoms with Gasteiger partial charge < -0.3 is 15.0 Å². The van der Waals surface area contributed by atoms with Crippen LogP contribution >= 0.6 is 0 Å². The summed E-state index contributed by atoms with van der Waals surface area (Å²) in [4.78, 5) is 2.27. The maximum Gasteiger partial charge on any atom is 0.151 e. The first-order valence-electron chi connectivity index (χ1n) is 7.74. The molecule has 2 atom stereocenters. The van der Waals surface area contributed by atoms with Crippen LogP contribution in [0.2, 0.25) is 0 Å². The van der Waals surface area contributed by atoms with Gasteiger partial charge in [-0.05, 0) is 45.2 Å². The molecule has 0 saturated carbocycles. The topological polar surface area (TPSA) is 50.3 Å². The lowest BCUT2D eigenvalue weighted by Gasteiger charge is -2.36. The van der Waals surface area contributed by atoms with Gasteiger partial charge in [-0.2, -0.15) is 5.10 Å². The molecular weight excluding hydrogens is 264 g/mol. The predicted molar refractivity (Wildman–Crippen MR) is 85.4 cm³/mol. The van der Waals surface area contributed by atoms with E-state index in [1.807, 2.05) is 0 Å². The average molecular weight is 292 g/mol. The molecule has 0 bridgehead atoms. The zero-order chi connectivity index (χ0) is 15.5. The van der Waals surface area contributed by atoms with Crippen molar-refractivity contribution in [1.82, 2.24) is 15.5 Å². The minimum absolute atomic E-state index is 0.0923. The summed E-state index contributed by atoms with van der Waals surface area (Å²) < 4.78 is 5.56. The molecular formula is C16H28N4O. The van der Waals surface area contributed by atoms with Crippen LogP contribution in [0.4, 0.5) is 5.82 Å². The summed E-state index contributed by atoms with van der Waals surface area (Å²) in [5, 5.41) is 12.1. The van der Waals surface area contributed by atoms with Crippen LogP contribution in [0, 0.1) is 5.92 Å². The third-order valence-electron chi connectivity index (χ3n) is 4.02. The standard InChI is InChI=1S/C16H28N4O/c1-12-8-9-20(11-14(12)21-5)15-7-6-13(18-19-15)10-17-16(2,3)4/h6-7,12,14,17H,8-11H2,1-5H3. The van der Waals surface area contributed by atoms with Gasteiger partial charge in [-0.1, -0.05) is 6.92 Å². The summed E-state index contributed by atoms with van der Waals surface area (Å²) >= 11 is 0. The molecule has 2 unspecified atom stereocenters. The molecule has 1 aromatic rings. The molecule has 1 aliphatic heterocycles. The number of methoxy groups -OCH3 is 1. The van der Waals surface area contributed by atoms with Crippen LogP contribution in [-0.4, -0.2) is 42.0 Å². The van der Waals surface area contributed by atoms with Gasteiger partial charge in [0.15, 0.2) is 5.82 Å². The Labute approximate surface area is 128 Å². The molecule has 1 fully saturated rings. The predicted octanol–water partition coefficient (Wildman–Crippen LogP) is 2.23. The van der Waals surface area contributed by atoms with Gasteiger partial charge in [0.2, 0.25) is 0 Å². The summed E-state index contributed by atoms with van der Waals surface area (Å²) in [6.07, 6.45) is 1.41. The molecule has 5 heteroatoms. The van der Waals surface area contributed by atoms with Crippen LogP contribution in [0.5, 0.6) is 0 Å². The molecule has 1 aromatic heterocycles. The average Bonchev–Trinajstić information content (AvgIpc) is 2.45. The molecule has 1 aliphatic rings. The van der Waals surface area contributed by atoms with E-state index in [1.54, 1.807) is 7.11 Å². The van der Waals surface area contributed by atoms with E-state index in [0.29, 0.717) is 5.92 Å². The summed E-state index contributed by atoms with van der Waals surface area (Å²) in [6.45, 7) is 11.4. The number of hydrogen-bond acceptors (Lipinski definition) is 5. The SMILES string of the molecule is COC1CN(c2ccc(CNC(C)(C)C)nn2)CCC1C. The Balaban J connectivity index is 1.96. The van der Waals surface area contributed by atoms with Crippen molar-refractivity contribution in [1.29, 1.82) is 0 Å². The third-order valence-corrected chi connectivity index (χ3v) is 4.02. The minimum Gasteiger partial charge on any atom is -0.379 e. The molecule has 0 aromatic carbocycles. The molecule has 2 rings (SSSR count). The molecule has 5 nitrogen and oxygen atoms in total. The Kier molecular flexibility index (Phi) is 5.17. The first kappa shape index (κ1) is 16.2. The largest absolute Gasteiger partial charge is 0.379 e. The number of nitrogens with zero attached hydrogens (tertiary/aromatic N) is 3. The van der Waals surface area contributed by atoms with Crippen molar-refractivity contribution in [3.63, 3.8) is 0 Å². The molecule has 0 spiro atoms. The van der Waals surface area contributed by atoms with E-state index in [0.717, 1.165) is 37.6 Å². The van der Waals surface area contributed by atoms with E-state index < -0.39 is 0 Å². The molecule has 0 amide bonds. The van der Waals surface area contributed by atoms with Crippen LogP contribution in [0.15, 0.2) is 12.1 Å². The first-order valence-corrected chi connectivity index (χ1v) is 7.74. The highest BCUT2D eigenvalue weighted by atomic mass is 16.5. The summed E-state index contributed by atoms with van der Waals surface area (Å²) in [5.41, 5.74) is 1.07. The van der Waals surface area contributed by atoms with Crippen molar-refractivity contribution in [3.8, 4) is 0 Å². The number of piperidine rings is 1. The van der Waals surface area contributed by atoms with Crippen molar-refractivity contribution in [3.05, 3.63) is 17.8 Å². The molecule has 1 saturated heterocycles. The fraction of sp³-hybridized carbons (Fsp3) is 0.750. The Morgan fingerprint density at radius 3 is 2.67 bits per heavy atom. The summed E-state index contributed by atoms with van der Waals surface area (Å²) in [5.74, 6) is 1.55. The fourth-order valence-corrected chi connectivity index (χ4v) is 2.52. The highest BCUT2D eigenvalue weighted by Crippen LogP contribution is 2.23. The Morgan fingerprint density at radius 2 is 2.10 bits per heavy atom. The van der Waals surface area contributed by atoms with Crippen LogP contribution in [-0.2, 0) is 11.3 Å². The van der Waals surface area contributed by atoms with Crippen LogP contribution < -0.4 is 10.2 Å². The second kappa shape index (κ2) is 6.71. The Morgan fingerprint density at radius 1 is 1.33 bits per heavy atom. The van der Waals surface area contributed by atoms with Gasteiger partial charge in [0, 0.05) is 32.3 Å². The lowest BCUT2D eigenvalue weighted by molar-refractivity contribution is 0.0496. The van der Waals surface area contributed by atoms with Gasteiger partial charge in [0.1, 0.15) is 0 Å². The van der Waals surface area contributed by atoms with E-state index in [-0.39, 0.29) is 11.6 Å². The van der Waals surface area contributed by atoms with Crippen LogP contribution in [0.25, 0.3) is 0 Å². The van der Waals surface area contributed by atoms with Crippen LogP contribution in [0.3, 0.4) is 0 Å². The van der Waals surface area contributed by atoms with E-state index >= 15 is 0 Å². The van der Waals surface area contributed by atoms with Gasteiger partial charge in [-0.3, -0.25) is 0 Å². The van der Waals surface area contributed by atoms with Crippen molar-refractivity contribution in [2.24, 2.45) is 5.92 Å². The maximum atomic E-state index is 5.56. The zero-order valence-corrected chi connectivity index (χ0v) is 13.9. The summed E-state index contributed by atoms with van der Waals surface area (Å²) in [7, 11) is 1.79. The molecule has 1 N–H and O–H groups in total. The second-order valence-corrected chi connectivity index (χ2v) is 6.97. The lowest BCUT2D eigenvalue weighted by atomic mass is 9.96. The van der Waals surface area contributed by atoms with Gasteiger partial charge >= 0.3 is 0 Å². The molecule has 2 heterocycles. The lowest BCUT2D eigenvalue weighted by Crippen LogP contribution is -2.44. The number of hydrogen-bond donors (Lipinski definition) is 1. The van der Waals surface area contributed by atoms with E-state index in [1.165, 1.54) is 0 Å². The van der Waals surface area contributed by atoms with Crippen molar-refractivity contribution in [2.75, 3.05) is 25.1 Å². The molecule has 118 valence electrons. The molecule has 0 aliphatic carbocycles. The van der Waals surface area contributed by atoms with Crippen molar-refractivity contribution in [2.45, 2.75) is 52.3 Å². The highest BCUT2D eigenvalue weighted by Gasteiger charge is 2.26. The van der Waals surface area contributed by atoms with E-state index in [4.69, 9.17) is 4.74 Å². The van der Waals surface area contributed by atoms with E-state index in [9.17, 15) is 0 Å². The number of rotatable bonds is 4. The zero-order valence-electron chi connectivity index (χ0n) is 13.9. The van der Waals surface area contributed by atoms with Crippen LogP contribution in [0.1, 0.15) is 39.8 Å². The highest BCUT2D eigenvalue weighted by molar-refractivity contribution is 5.38. The second-order valence-electron chi connectivity index (χ2n) is 6.97. The summed E-state index contributed by atoms with van der Waals surface area (Å²) in [6, 6.07) is 4.12. The first-order chi connectivity index (χ1) is 9.89. The minimum atomic E-state index is 0.0923. The maximum absolute atomic E-state index is 5.56. The number of ether oxygens (including phenoxy) is 1. The number of anilines is 1. The van der Waals surface area contributed by atoms with Gasteiger partial charge in [0.25, 0.3) is 0 Å². The van der Waals surface area contributed by atoms with Crippen molar-refractivity contribution < 1.29 is 4.74 Å². The third kappa shape index (κ3) is 4.64. The molecule has 21 heavy (non-hydrogen) atoms. The van der Waals surface area contributed by atoms with Gasteiger partial charge in [0.05, 0.1) is 11.8 Å². The van der Waals surface area contributed by atoms with E-state index in [2.05, 4.69) is 60.2 Å². The van der Waals surface area contributed by atoms with Gasteiger partial charge in [-0.25, -0.2) is 0 Å². The number of aromatic nitrogens is 2. The molecule has 0 radical (unpaired) electrons. The van der Waals surface area contributed by atoms with Crippen molar-refractivity contribution >= 4 is 5.82 Å².